The van der Waals surface area contributed by atoms with Crippen LogP contribution in [0.5, 0.6) is 0 Å². The molecule has 4 aromatic rings. The highest BCUT2D eigenvalue weighted by Gasteiger charge is 2.39. The van der Waals surface area contributed by atoms with Crippen LogP contribution >= 0.6 is 0 Å². The summed E-state index contributed by atoms with van der Waals surface area (Å²) in [4.78, 5) is 8.55. The van der Waals surface area contributed by atoms with Crippen molar-refractivity contribution >= 4 is 27.6 Å². The summed E-state index contributed by atoms with van der Waals surface area (Å²) in [5, 5.41) is 14.1. The number of fused-ring (bicyclic) bond motifs is 2. The van der Waals surface area contributed by atoms with Crippen molar-refractivity contribution in [2.75, 3.05) is 5.32 Å². The first kappa shape index (κ1) is 12.6. The van der Waals surface area contributed by atoms with Gasteiger partial charge in [0.1, 0.15) is 12.1 Å². The van der Waals surface area contributed by atoms with E-state index in [4.69, 9.17) is 0 Å². The molecule has 0 radical (unpaired) electrons. The standard InChI is InChI=1S/C18H15N5/c1-2-6-12-11(4-1)5-3-7-13(12)14-8-16(14)22-17-15-9-21-23-18(15)20-10-19-17/h1-7,9-10,14,16H,8H2,(H2,19,20,21,22,23)/t14-,16+/m0/s1. The van der Waals surface area contributed by atoms with Crippen molar-refractivity contribution in [3.8, 4) is 0 Å². The summed E-state index contributed by atoms with van der Waals surface area (Å²) < 4.78 is 0. The molecule has 2 heterocycles. The van der Waals surface area contributed by atoms with Gasteiger partial charge in [-0.15, -0.1) is 0 Å². The number of H-pyrrole nitrogens is 1. The fourth-order valence-corrected chi connectivity index (χ4v) is 3.33. The second-order valence-corrected chi connectivity index (χ2v) is 6.02. The number of nitrogens with zero attached hydrogens (tertiary/aromatic N) is 3. The van der Waals surface area contributed by atoms with E-state index >= 15 is 0 Å². The fourth-order valence-electron chi connectivity index (χ4n) is 3.33. The summed E-state index contributed by atoms with van der Waals surface area (Å²) in [5.74, 6) is 1.38. The monoisotopic (exact) mass is 301 g/mol. The summed E-state index contributed by atoms with van der Waals surface area (Å²) in [6.45, 7) is 0. The molecule has 2 aromatic carbocycles. The van der Waals surface area contributed by atoms with Crippen LogP contribution in [0.1, 0.15) is 17.9 Å². The molecule has 0 spiro atoms. The highest BCUT2D eigenvalue weighted by molar-refractivity contribution is 5.88. The van der Waals surface area contributed by atoms with E-state index in [1.54, 1.807) is 12.5 Å². The summed E-state index contributed by atoms with van der Waals surface area (Å²) in [5.41, 5.74) is 2.18. The van der Waals surface area contributed by atoms with Crippen molar-refractivity contribution in [3.05, 3.63) is 60.6 Å². The first-order chi connectivity index (χ1) is 11.4. The minimum absolute atomic E-state index is 0.411. The number of rotatable bonds is 3. The molecule has 0 saturated heterocycles. The number of anilines is 1. The molecule has 1 saturated carbocycles. The Balaban J connectivity index is 1.46. The molecule has 0 unspecified atom stereocenters. The van der Waals surface area contributed by atoms with Crippen LogP contribution < -0.4 is 5.32 Å². The number of aromatic nitrogens is 4. The van der Waals surface area contributed by atoms with Crippen molar-refractivity contribution in [1.82, 2.24) is 20.2 Å². The zero-order valence-corrected chi connectivity index (χ0v) is 12.4. The predicted octanol–water partition coefficient (Wildman–Crippen LogP) is 3.47. The summed E-state index contributed by atoms with van der Waals surface area (Å²) in [7, 11) is 0. The first-order valence-corrected chi connectivity index (χ1v) is 7.78. The molecule has 0 amide bonds. The van der Waals surface area contributed by atoms with Crippen molar-refractivity contribution in [2.24, 2.45) is 0 Å². The molecular formula is C18H15N5. The van der Waals surface area contributed by atoms with Gasteiger partial charge in [0.15, 0.2) is 5.65 Å². The van der Waals surface area contributed by atoms with E-state index in [-0.39, 0.29) is 0 Å². The quantitative estimate of drug-likeness (QED) is 0.608. The average molecular weight is 301 g/mol. The van der Waals surface area contributed by atoms with Crippen molar-refractivity contribution < 1.29 is 0 Å². The molecule has 5 heteroatoms. The third kappa shape index (κ3) is 2.04. The zero-order valence-electron chi connectivity index (χ0n) is 12.4. The van der Waals surface area contributed by atoms with Crippen LogP contribution in [0.25, 0.3) is 21.8 Å². The van der Waals surface area contributed by atoms with Crippen molar-refractivity contribution in [2.45, 2.75) is 18.4 Å². The Labute approximate surface area is 132 Å². The van der Waals surface area contributed by atoms with Gasteiger partial charge in [-0.25, -0.2) is 9.97 Å². The molecule has 2 atom stereocenters. The Kier molecular flexibility index (Phi) is 2.61. The molecule has 1 fully saturated rings. The lowest BCUT2D eigenvalue weighted by atomic mass is 10.0. The fraction of sp³-hybridized carbons (Fsp3) is 0.167. The third-order valence-electron chi connectivity index (χ3n) is 4.58. The van der Waals surface area contributed by atoms with Crippen LogP contribution in [0.3, 0.4) is 0 Å². The number of nitrogens with one attached hydrogen (secondary N) is 2. The van der Waals surface area contributed by atoms with Gasteiger partial charge in [0.05, 0.1) is 11.6 Å². The van der Waals surface area contributed by atoms with Gasteiger partial charge in [0, 0.05) is 12.0 Å². The maximum Gasteiger partial charge on any atom is 0.160 e. The molecule has 0 aliphatic heterocycles. The van der Waals surface area contributed by atoms with Gasteiger partial charge in [0.2, 0.25) is 0 Å². The first-order valence-electron chi connectivity index (χ1n) is 7.78. The molecule has 5 rings (SSSR count). The highest BCUT2D eigenvalue weighted by Crippen LogP contribution is 2.45. The Morgan fingerprint density at radius 2 is 1.91 bits per heavy atom. The average Bonchev–Trinajstić information content (AvgIpc) is 3.17. The lowest BCUT2D eigenvalue weighted by Gasteiger charge is -2.08. The van der Waals surface area contributed by atoms with E-state index in [0.717, 1.165) is 23.3 Å². The van der Waals surface area contributed by atoms with Crippen molar-refractivity contribution in [3.63, 3.8) is 0 Å². The van der Waals surface area contributed by atoms with Crippen LogP contribution in [0.2, 0.25) is 0 Å². The Bertz CT molecular complexity index is 1000. The normalized spacial score (nSPS) is 20.0. The van der Waals surface area contributed by atoms with Gasteiger partial charge in [-0.1, -0.05) is 42.5 Å². The summed E-state index contributed by atoms with van der Waals surface area (Å²) in [6, 6.07) is 15.5. The highest BCUT2D eigenvalue weighted by atomic mass is 15.2. The molecule has 2 N–H and O–H groups in total. The minimum Gasteiger partial charge on any atom is -0.366 e. The van der Waals surface area contributed by atoms with Gasteiger partial charge >= 0.3 is 0 Å². The van der Waals surface area contributed by atoms with Crippen LogP contribution in [0.4, 0.5) is 5.82 Å². The van der Waals surface area contributed by atoms with Crippen LogP contribution in [0.15, 0.2) is 55.0 Å². The third-order valence-corrected chi connectivity index (χ3v) is 4.58. The van der Waals surface area contributed by atoms with Crippen LogP contribution in [-0.4, -0.2) is 26.2 Å². The summed E-state index contributed by atoms with van der Waals surface area (Å²) >= 11 is 0. The molecule has 1 aliphatic rings. The van der Waals surface area contributed by atoms with E-state index in [2.05, 4.69) is 67.9 Å². The minimum atomic E-state index is 0.411. The lowest BCUT2D eigenvalue weighted by molar-refractivity contribution is 1.04. The lowest BCUT2D eigenvalue weighted by Crippen LogP contribution is -2.06. The Morgan fingerprint density at radius 3 is 2.91 bits per heavy atom. The Hall–Kier alpha value is -2.95. The van der Waals surface area contributed by atoms with E-state index in [9.17, 15) is 0 Å². The maximum atomic E-state index is 4.37. The molecule has 1 aliphatic carbocycles. The van der Waals surface area contributed by atoms with Crippen LogP contribution in [0, 0.1) is 0 Å². The summed E-state index contributed by atoms with van der Waals surface area (Å²) in [6.07, 6.45) is 4.46. The van der Waals surface area contributed by atoms with Gasteiger partial charge in [-0.2, -0.15) is 5.10 Å². The second kappa shape index (κ2) is 4.78. The molecule has 112 valence electrons. The van der Waals surface area contributed by atoms with Gasteiger partial charge in [-0.3, -0.25) is 5.10 Å². The zero-order chi connectivity index (χ0) is 15.2. The van der Waals surface area contributed by atoms with E-state index in [0.29, 0.717) is 12.0 Å². The molecule has 2 aromatic heterocycles. The molecule has 0 bridgehead atoms. The predicted molar refractivity (Wildman–Crippen MR) is 90.4 cm³/mol. The van der Waals surface area contributed by atoms with Crippen molar-refractivity contribution in [1.29, 1.82) is 0 Å². The smallest absolute Gasteiger partial charge is 0.160 e. The van der Waals surface area contributed by atoms with Gasteiger partial charge < -0.3 is 5.32 Å². The number of hydrogen-bond acceptors (Lipinski definition) is 4. The molecular weight excluding hydrogens is 286 g/mol. The second-order valence-electron chi connectivity index (χ2n) is 6.02. The topological polar surface area (TPSA) is 66.5 Å². The Morgan fingerprint density at radius 1 is 1.00 bits per heavy atom. The molecule has 23 heavy (non-hydrogen) atoms. The SMILES string of the molecule is c1ccc2c([C@@H]3C[C@H]3Nc3ncnc4[nH]ncc34)cccc2c1. The van der Waals surface area contributed by atoms with E-state index in [1.807, 2.05) is 0 Å². The van der Waals surface area contributed by atoms with Gasteiger partial charge in [0.25, 0.3) is 0 Å². The maximum absolute atomic E-state index is 4.37. The number of benzene rings is 2. The number of aromatic amines is 1. The molecule has 5 nitrogen and oxygen atoms in total. The largest absolute Gasteiger partial charge is 0.366 e. The van der Waals surface area contributed by atoms with E-state index < -0.39 is 0 Å². The number of hydrogen-bond donors (Lipinski definition) is 2. The van der Waals surface area contributed by atoms with Gasteiger partial charge in [-0.05, 0) is 22.8 Å². The van der Waals surface area contributed by atoms with E-state index in [1.165, 1.54) is 16.3 Å². The van der Waals surface area contributed by atoms with Crippen LogP contribution in [-0.2, 0) is 0 Å².